The number of fused-ring (bicyclic) bond motifs is 1. The number of aromatic nitrogens is 1. The van der Waals surface area contributed by atoms with Crippen LogP contribution in [-0.2, 0) is 11.2 Å². The van der Waals surface area contributed by atoms with Crippen LogP contribution in [0.3, 0.4) is 0 Å². The number of hydrogen-bond acceptors (Lipinski definition) is 6. The molecule has 1 N–H and O–H groups in total. The zero-order valence-corrected chi connectivity index (χ0v) is 15.6. The average Bonchev–Trinajstić information content (AvgIpc) is 3.23. The van der Waals surface area contributed by atoms with Crippen LogP contribution in [-0.4, -0.2) is 10.9 Å². The molecule has 0 bridgehead atoms. The Hall–Kier alpha value is -3.19. The fourth-order valence-corrected chi connectivity index (χ4v) is 3.60. The first-order valence-corrected chi connectivity index (χ1v) is 9.21. The van der Waals surface area contributed by atoms with E-state index in [9.17, 15) is 9.59 Å². The Bertz CT molecular complexity index is 1200. The summed E-state index contributed by atoms with van der Waals surface area (Å²) in [4.78, 5) is 28.3. The van der Waals surface area contributed by atoms with Crippen LogP contribution in [0.15, 0.2) is 55.4 Å². The van der Waals surface area contributed by atoms with E-state index in [4.69, 9.17) is 8.83 Å². The third-order valence-corrected chi connectivity index (χ3v) is 4.99. The molecular weight excluding hydrogens is 364 g/mol. The number of anilines is 1. The number of aryl methyl sites for hydroxylation is 2. The minimum Gasteiger partial charge on any atom is -0.459 e. The molecule has 0 aliphatic heterocycles. The molecule has 0 saturated carbocycles. The summed E-state index contributed by atoms with van der Waals surface area (Å²) in [6, 6.07) is 10.4. The van der Waals surface area contributed by atoms with Gasteiger partial charge in [0.25, 0.3) is 0 Å². The highest BCUT2D eigenvalue weighted by atomic mass is 32.1. The Kier molecular flexibility index (Phi) is 4.37. The molecule has 0 fully saturated rings. The quantitative estimate of drug-likeness (QED) is 0.533. The largest absolute Gasteiger partial charge is 0.459 e. The fraction of sp³-hybridized carbons (Fsp3) is 0.150. The molecule has 0 radical (unpaired) electrons. The number of hydrogen-bond donors (Lipinski definition) is 1. The maximum Gasteiger partial charge on any atom is 0.336 e. The van der Waals surface area contributed by atoms with Crippen molar-refractivity contribution in [1.82, 2.24) is 4.98 Å². The predicted molar refractivity (Wildman–Crippen MR) is 104 cm³/mol. The minimum atomic E-state index is -0.411. The molecule has 136 valence electrons. The Morgan fingerprint density at radius 1 is 1.15 bits per heavy atom. The lowest BCUT2D eigenvalue weighted by Gasteiger charge is -2.06. The summed E-state index contributed by atoms with van der Waals surface area (Å²) in [5.41, 5.74) is 2.11. The molecule has 27 heavy (non-hydrogen) atoms. The third-order valence-electron chi connectivity index (χ3n) is 4.08. The van der Waals surface area contributed by atoms with E-state index >= 15 is 0 Å². The lowest BCUT2D eigenvalue weighted by Crippen LogP contribution is -2.14. The zero-order valence-electron chi connectivity index (χ0n) is 14.7. The van der Waals surface area contributed by atoms with Crippen LogP contribution in [0.1, 0.15) is 17.0 Å². The van der Waals surface area contributed by atoms with Crippen molar-refractivity contribution in [3.05, 3.63) is 69.2 Å². The maximum absolute atomic E-state index is 12.3. The van der Waals surface area contributed by atoms with E-state index in [1.807, 2.05) is 37.4 Å². The third kappa shape index (κ3) is 3.68. The van der Waals surface area contributed by atoms with Gasteiger partial charge >= 0.3 is 5.63 Å². The molecule has 4 aromatic rings. The van der Waals surface area contributed by atoms with Crippen molar-refractivity contribution in [1.29, 1.82) is 0 Å². The lowest BCUT2D eigenvalue weighted by atomic mass is 10.1. The molecule has 1 amide bonds. The highest BCUT2D eigenvalue weighted by Crippen LogP contribution is 2.26. The van der Waals surface area contributed by atoms with Crippen LogP contribution in [0, 0.1) is 13.8 Å². The lowest BCUT2D eigenvalue weighted by molar-refractivity contribution is -0.115. The summed E-state index contributed by atoms with van der Waals surface area (Å²) in [6.07, 6.45) is 0.145. The molecule has 0 saturated heterocycles. The van der Waals surface area contributed by atoms with E-state index in [1.54, 1.807) is 12.1 Å². The smallest absolute Gasteiger partial charge is 0.336 e. The highest BCUT2D eigenvalue weighted by molar-refractivity contribution is 7.13. The van der Waals surface area contributed by atoms with Crippen molar-refractivity contribution >= 4 is 33.9 Å². The number of carbonyl (C=O) groups is 1. The SMILES string of the molecule is Cc1ccc(-c2nc(CC(=O)Nc3ccc4c(C)cc(=O)oc4c3)cs2)o1. The van der Waals surface area contributed by atoms with Gasteiger partial charge in [-0.3, -0.25) is 4.79 Å². The van der Waals surface area contributed by atoms with E-state index in [0.29, 0.717) is 22.7 Å². The van der Waals surface area contributed by atoms with Gasteiger partial charge in [-0.05, 0) is 43.7 Å². The standard InChI is InChI=1S/C20H16N2O4S/c1-11-7-19(24)26-17-8-13(4-5-15(11)17)21-18(23)9-14-10-27-20(22-14)16-6-3-12(2)25-16/h3-8,10H,9H2,1-2H3,(H,21,23). The maximum atomic E-state index is 12.3. The van der Waals surface area contributed by atoms with Crippen molar-refractivity contribution in [3.8, 4) is 10.8 Å². The Morgan fingerprint density at radius 2 is 2.00 bits per heavy atom. The minimum absolute atomic E-state index is 0.145. The van der Waals surface area contributed by atoms with Gasteiger partial charge < -0.3 is 14.2 Å². The van der Waals surface area contributed by atoms with E-state index in [2.05, 4.69) is 10.3 Å². The van der Waals surface area contributed by atoms with Gasteiger partial charge in [0.15, 0.2) is 10.8 Å². The van der Waals surface area contributed by atoms with E-state index in [1.165, 1.54) is 17.4 Å². The number of furan rings is 1. The second kappa shape index (κ2) is 6.85. The number of nitrogens with zero attached hydrogens (tertiary/aromatic N) is 1. The van der Waals surface area contributed by atoms with Gasteiger partial charge in [0, 0.05) is 28.6 Å². The van der Waals surface area contributed by atoms with Crippen molar-refractivity contribution < 1.29 is 13.6 Å². The van der Waals surface area contributed by atoms with Crippen molar-refractivity contribution in [3.63, 3.8) is 0 Å². The second-order valence-electron chi connectivity index (χ2n) is 6.24. The fourth-order valence-electron chi connectivity index (χ4n) is 2.82. The highest BCUT2D eigenvalue weighted by Gasteiger charge is 2.12. The first-order chi connectivity index (χ1) is 13.0. The van der Waals surface area contributed by atoms with Crippen molar-refractivity contribution in [2.45, 2.75) is 20.3 Å². The number of nitrogens with one attached hydrogen (secondary N) is 1. The number of carbonyl (C=O) groups excluding carboxylic acids is 1. The van der Waals surface area contributed by atoms with Crippen LogP contribution in [0.5, 0.6) is 0 Å². The van der Waals surface area contributed by atoms with Gasteiger partial charge in [-0.1, -0.05) is 0 Å². The summed E-state index contributed by atoms with van der Waals surface area (Å²) in [5, 5.41) is 6.24. The van der Waals surface area contributed by atoms with Crippen LogP contribution in [0.25, 0.3) is 21.7 Å². The van der Waals surface area contributed by atoms with Crippen LogP contribution in [0.4, 0.5) is 5.69 Å². The van der Waals surface area contributed by atoms with E-state index in [-0.39, 0.29) is 12.3 Å². The average molecular weight is 380 g/mol. The summed E-state index contributed by atoms with van der Waals surface area (Å²) in [7, 11) is 0. The molecule has 0 aliphatic carbocycles. The monoisotopic (exact) mass is 380 g/mol. The summed E-state index contributed by atoms with van der Waals surface area (Å²) in [6.45, 7) is 3.72. The van der Waals surface area contributed by atoms with Crippen molar-refractivity contribution in [2.75, 3.05) is 5.32 Å². The molecule has 1 aromatic carbocycles. The molecular formula is C20H16N2O4S. The molecule has 0 spiro atoms. The number of amides is 1. The Labute approximate surface area is 158 Å². The second-order valence-corrected chi connectivity index (χ2v) is 7.10. The van der Waals surface area contributed by atoms with Crippen LogP contribution >= 0.6 is 11.3 Å². The first kappa shape index (κ1) is 17.2. The number of rotatable bonds is 4. The molecule has 6 nitrogen and oxygen atoms in total. The van der Waals surface area contributed by atoms with Crippen LogP contribution in [0.2, 0.25) is 0 Å². The summed E-state index contributed by atoms with van der Waals surface area (Å²) >= 11 is 1.43. The van der Waals surface area contributed by atoms with E-state index < -0.39 is 5.63 Å². The molecule has 0 unspecified atom stereocenters. The molecule has 3 aromatic heterocycles. The van der Waals surface area contributed by atoms with Gasteiger partial charge in [-0.2, -0.15) is 0 Å². The molecule has 4 rings (SSSR count). The normalized spacial score (nSPS) is 11.0. The van der Waals surface area contributed by atoms with Gasteiger partial charge in [-0.15, -0.1) is 11.3 Å². The molecule has 0 atom stereocenters. The molecule has 7 heteroatoms. The van der Waals surface area contributed by atoms with Gasteiger partial charge in [0.05, 0.1) is 12.1 Å². The summed E-state index contributed by atoms with van der Waals surface area (Å²) in [5.74, 6) is 1.32. The first-order valence-electron chi connectivity index (χ1n) is 8.33. The Balaban J connectivity index is 1.49. The van der Waals surface area contributed by atoms with Crippen LogP contribution < -0.4 is 10.9 Å². The molecule has 3 heterocycles. The zero-order chi connectivity index (χ0) is 19.0. The van der Waals surface area contributed by atoms with Gasteiger partial charge in [-0.25, -0.2) is 9.78 Å². The number of thiazole rings is 1. The topological polar surface area (TPSA) is 85.3 Å². The number of benzene rings is 1. The predicted octanol–water partition coefficient (Wildman–Crippen LogP) is 4.31. The van der Waals surface area contributed by atoms with Crippen molar-refractivity contribution in [2.24, 2.45) is 0 Å². The Morgan fingerprint density at radius 3 is 2.78 bits per heavy atom. The van der Waals surface area contributed by atoms with Gasteiger partial charge in [0.2, 0.25) is 5.91 Å². The summed E-state index contributed by atoms with van der Waals surface area (Å²) < 4.78 is 10.8. The van der Waals surface area contributed by atoms with Gasteiger partial charge in [0.1, 0.15) is 11.3 Å². The molecule has 0 aliphatic rings. The van der Waals surface area contributed by atoms with E-state index in [0.717, 1.165) is 21.7 Å².